The minimum Gasteiger partial charge on any atom is -0.481 e. The van der Waals surface area contributed by atoms with Crippen LogP contribution in [0.2, 0.25) is 0 Å². The second-order valence-corrected chi connectivity index (χ2v) is 5.14. The molecule has 0 aliphatic carbocycles. The molecule has 1 saturated heterocycles. The molecule has 2 rings (SSSR count). The molecule has 1 N–H and O–H groups in total. The molecule has 1 aliphatic rings. The topological polar surface area (TPSA) is 57.6 Å². The van der Waals surface area contributed by atoms with Crippen molar-refractivity contribution in [1.82, 2.24) is 4.90 Å². The summed E-state index contributed by atoms with van der Waals surface area (Å²) < 4.78 is 0. The molecule has 0 bridgehead atoms. The molecule has 4 nitrogen and oxygen atoms in total. The number of carboxylic acid groups (broad SMARTS) is 1. The van der Waals surface area contributed by atoms with Gasteiger partial charge in [-0.25, -0.2) is 0 Å². The van der Waals surface area contributed by atoms with Crippen molar-refractivity contribution in [3.63, 3.8) is 0 Å². The van der Waals surface area contributed by atoms with Crippen molar-refractivity contribution in [3.8, 4) is 0 Å². The van der Waals surface area contributed by atoms with Crippen molar-refractivity contribution in [1.29, 1.82) is 0 Å². The van der Waals surface area contributed by atoms with Gasteiger partial charge in [-0.1, -0.05) is 0 Å². The van der Waals surface area contributed by atoms with E-state index in [-0.39, 0.29) is 5.91 Å². The molecule has 0 radical (unpaired) electrons. The Morgan fingerprint density at radius 3 is 2.82 bits per heavy atom. The number of aryl methyl sites for hydroxylation is 1. The summed E-state index contributed by atoms with van der Waals surface area (Å²) >= 11 is 1.50. The molecule has 0 aromatic carbocycles. The molecule has 92 valence electrons. The number of hydrogen-bond donors (Lipinski definition) is 1. The van der Waals surface area contributed by atoms with Gasteiger partial charge in [-0.3, -0.25) is 9.59 Å². The minimum atomic E-state index is -0.801. The van der Waals surface area contributed by atoms with Crippen molar-refractivity contribution < 1.29 is 14.7 Å². The lowest BCUT2D eigenvalue weighted by Gasteiger charge is -2.30. The number of carbonyl (C=O) groups is 2. The lowest BCUT2D eigenvalue weighted by molar-refractivity contribution is -0.143. The zero-order valence-electron chi connectivity index (χ0n) is 9.68. The van der Waals surface area contributed by atoms with E-state index in [1.807, 2.05) is 17.7 Å². The first-order valence-corrected chi connectivity index (χ1v) is 6.58. The molecule has 5 heteroatoms. The highest BCUT2D eigenvalue weighted by Crippen LogP contribution is 2.21. The summed E-state index contributed by atoms with van der Waals surface area (Å²) in [6, 6.07) is 0. The Labute approximate surface area is 104 Å². The molecule has 1 aromatic heterocycles. The molecule has 1 atom stereocenters. The average Bonchev–Trinajstić information content (AvgIpc) is 2.74. The van der Waals surface area contributed by atoms with Gasteiger partial charge in [-0.15, -0.1) is 0 Å². The van der Waals surface area contributed by atoms with Crippen LogP contribution in [-0.4, -0.2) is 35.0 Å². The summed E-state index contributed by atoms with van der Waals surface area (Å²) in [5.74, 6) is -1.24. The molecule has 0 spiro atoms. The molecule has 1 fully saturated rings. The third-order valence-corrected chi connectivity index (χ3v) is 4.01. The van der Waals surface area contributed by atoms with E-state index in [0.29, 0.717) is 25.1 Å². The van der Waals surface area contributed by atoms with Gasteiger partial charge >= 0.3 is 5.97 Å². The maximum atomic E-state index is 12.2. The normalized spacial score (nSPS) is 20.3. The van der Waals surface area contributed by atoms with Crippen LogP contribution in [0.1, 0.15) is 28.8 Å². The minimum absolute atomic E-state index is 0.0327. The van der Waals surface area contributed by atoms with E-state index in [2.05, 4.69) is 0 Å². The van der Waals surface area contributed by atoms with Gasteiger partial charge < -0.3 is 10.0 Å². The first-order chi connectivity index (χ1) is 8.09. The van der Waals surface area contributed by atoms with Crippen molar-refractivity contribution in [3.05, 3.63) is 21.9 Å². The largest absolute Gasteiger partial charge is 0.481 e. The smallest absolute Gasteiger partial charge is 0.308 e. The zero-order valence-corrected chi connectivity index (χ0v) is 10.5. The van der Waals surface area contributed by atoms with Gasteiger partial charge in [0.15, 0.2) is 0 Å². The van der Waals surface area contributed by atoms with Gasteiger partial charge in [-0.05, 0) is 30.7 Å². The predicted molar refractivity (Wildman–Crippen MR) is 65.3 cm³/mol. The number of thiophene rings is 1. The van der Waals surface area contributed by atoms with Crippen LogP contribution in [0.4, 0.5) is 0 Å². The predicted octanol–water partition coefficient (Wildman–Crippen LogP) is 1.99. The second kappa shape index (κ2) is 4.87. The number of hydrogen-bond acceptors (Lipinski definition) is 3. The van der Waals surface area contributed by atoms with E-state index in [4.69, 9.17) is 5.11 Å². The summed E-state index contributed by atoms with van der Waals surface area (Å²) in [6.45, 7) is 2.91. The van der Waals surface area contributed by atoms with Crippen LogP contribution < -0.4 is 0 Å². The van der Waals surface area contributed by atoms with Gasteiger partial charge in [0, 0.05) is 18.5 Å². The average molecular weight is 253 g/mol. The molecule has 0 unspecified atom stereocenters. The number of carboxylic acids is 1. The lowest BCUT2D eigenvalue weighted by atomic mass is 9.97. The van der Waals surface area contributed by atoms with Crippen molar-refractivity contribution in [2.45, 2.75) is 19.8 Å². The summed E-state index contributed by atoms with van der Waals surface area (Å²) in [6.07, 6.45) is 1.44. The van der Waals surface area contributed by atoms with Crippen molar-refractivity contribution in [2.24, 2.45) is 5.92 Å². The first-order valence-electron chi connectivity index (χ1n) is 5.64. The van der Waals surface area contributed by atoms with Crippen molar-refractivity contribution in [2.75, 3.05) is 13.1 Å². The van der Waals surface area contributed by atoms with Gasteiger partial charge in [0.2, 0.25) is 0 Å². The Balaban J connectivity index is 2.10. The maximum absolute atomic E-state index is 12.2. The number of amides is 1. The lowest BCUT2D eigenvalue weighted by Crippen LogP contribution is -2.42. The van der Waals surface area contributed by atoms with Gasteiger partial charge in [0.05, 0.1) is 11.5 Å². The van der Waals surface area contributed by atoms with E-state index in [1.54, 1.807) is 4.90 Å². The van der Waals surface area contributed by atoms with Crippen molar-refractivity contribution >= 4 is 23.2 Å². The molecular weight excluding hydrogens is 238 g/mol. The molecule has 1 aliphatic heterocycles. The number of rotatable bonds is 2. The third kappa shape index (κ3) is 2.49. The van der Waals surface area contributed by atoms with Crippen LogP contribution >= 0.6 is 11.3 Å². The number of nitrogens with zero attached hydrogens (tertiary/aromatic N) is 1. The molecular formula is C12H15NO3S. The molecule has 17 heavy (non-hydrogen) atoms. The number of piperidine rings is 1. The van der Waals surface area contributed by atoms with E-state index < -0.39 is 11.9 Å². The summed E-state index contributed by atoms with van der Waals surface area (Å²) in [7, 11) is 0. The Hall–Kier alpha value is -1.36. The van der Waals surface area contributed by atoms with E-state index in [0.717, 1.165) is 12.0 Å². The number of aliphatic carboxylic acids is 1. The SMILES string of the molecule is Cc1cscc1C(=O)N1CCC[C@H](C(=O)O)C1. The van der Waals surface area contributed by atoms with Crippen LogP contribution in [0.5, 0.6) is 0 Å². The Kier molecular flexibility index (Phi) is 3.47. The summed E-state index contributed by atoms with van der Waals surface area (Å²) in [5.41, 5.74) is 1.68. The molecule has 2 heterocycles. The van der Waals surface area contributed by atoms with E-state index in [9.17, 15) is 9.59 Å². The third-order valence-electron chi connectivity index (χ3n) is 3.14. The standard InChI is InChI=1S/C12H15NO3S/c1-8-6-17-7-10(8)11(14)13-4-2-3-9(5-13)12(15)16/h6-7,9H,2-5H2,1H3,(H,15,16)/t9-/m0/s1. The summed E-state index contributed by atoms with van der Waals surface area (Å²) in [4.78, 5) is 24.8. The van der Waals surface area contributed by atoms with Crippen LogP contribution in [0.25, 0.3) is 0 Å². The van der Waals surface area contributed by atoms with Crippen LogP contribution in [-0.2, 0) is 4.79 Å². The van der Waals surface area contributed by atoms with Gasteiger partial charge in [-0.2, -0.15) is 11.3 Å². The fourth-order valence-corrected chi connectivity index (χ4v) is 2.94. The van der Waals surface area contributed by atoms with Gasteiger partial charge in [0.25, 0.3) is 5.91 Å². The summed E-state index contributed by atoms with van der Waals surface area (Å²) in [5, 5.41) is 12.8. The Bertz CT molecular complexity index is 441. The quantitative estimate of drug-likeness (QED) is 0.877. The molecule has 0 saturated carbocycles. The van der Waals surface area contributed by atoms with Crippen LogP contribution in [0.3, 0.4) is 0 Å². The molecule has 1 aromatic rings. The number of carbonyl (C=O) groups excluding carboxylic acids is 1. The van der Waals surface area contributed by atoms with Crippen LogP contribution in [0, 0.1) is 12.8 Å². The first kappa shape index (κ1) is 12.1. The Morgan fingerprint density at radius 2 is 2.24 bits per heavy atom. The Morgan fingerprint density at radius 1 is 1.47 bits per heavy atom. The monoisotopic (exact) mass is 253 g/mol. The fraction of sp³-hybridized carbons (Fsp3) is 0.500. The maximum Gasteiger partial charge on any atom is 0.308 e. The fourth-order valence-electron chi connectivity index (χ4n) is 2.11. The molecule has 1 amide bonds. The van der Waals surface area contributed by atoms with Gasteiger partial charge in [0.1, 0.15) is 0 Å². The van der Waals surface area contributed by atoms with Crippen LogP contribution in [0.15, 0.2) is 10.8 Å². The highest BCUT2D eigenvalue weighted by molar-refractivity contribution is 7.08. The second-order valence-electron chi connectivity index (χ2n) is 4.40. The zero-order chi connectivity index (χ0) is 12.4. The van der Waals surface area contributed by atoms with E-state index in [1.165, 1.54) is 11.3 Å². The number of likely N-dealkylation sites (tertiary alicyclic amines) is 1. The highest BCUT2D eigenvalue weighted by Gasteiger charge is 2.29. The van der Waals surface area contributed by atoms with E-state index >= 15 is 0 Å². The highest BCUT2D eigenvalue weighted by atomic mass is 32.1.